The molecule has 1 aromatic carbocycles. The third-order valence-electron chi connectivity index (χ3n) is 3.80. The van der Waals surface area contributed by atoms with E-state index in [0.717, 1.165) is 4.68 Å². The van der Waals surface area contributed by atoms with Crippen molar-refractivity contribution in [2.24, 2.45) is 0 Å². The Morgan fingerprint density at radius 3 is 2.40 bits per heavy atom. The van der Waals surface area contributed by atoms with Gasteiger partial charge in [0, 0.05) is 12.6 Å². The summed E-state index contributed by atoms with van der Waals surface area (Å²) >= 11 is 0. The monoisotopic (exact) mass is 365 g/mol. The minimum Gasteiger partial charge on any atom is -0.287 e. The van der Waals surface area contributed by atoms with Crippen LogP contribution in [0.1, 0.15) is 32.4 Å². The summed E-state index contributed by atoms with van der Waals surface area (Å²) in [6.45, 7) is 5.02. The number of sulfonamides is 1. The van der Waals surface area contributed by atoms with Gasteiger partial charge in [0.1, 0.15) is 17.1 Å². The zero-order valence-electron chi connectivity index (χ0n) is 14.2. The number of aromatic nitrogens is 2. The van der Waals surface area contributed by atoms with Crippen LogP contribution in [0.4, 0.5) is 4.39 Å². The molecule has 0 aliphatic carbocycles. The van der Waals surface area contributed by atoms with E-state index >= 15 is 0 Å². The third-order valence-corrected chi connectivity index (χ3v) is 5.74. The van der Waals surface area contributed by atoms with Gasteiger partial charge in [-0.2, -0.15) is 9.40 Å². The van der Waals surface area contributed by atoms with Gasteiger partial charge in [0.2, 0.25) is 0 Å². The summed E-state index contributed by atoms with van der Waals surface area (Å²) in [5.41, 5.74) is 0.570. The Hall–Kier alpha value is -2.39. The van der Waals surface area contributed by atoms with Gasteiger partial charge in [-0.1, -0.05) is 19.1 Å². The Kier molecular flexibility index (Phi) is 5.48. The first-order chi connectivity index (χ1) is 11.7. The van der Waals surface area contributed by atoms with Crippen molar-refractivity contribution < 1.29 is 12.8 Å². The lowest BCUT2D eigenvalue weighted by molar-refractivity contribution is 0.354. The van der Waals surface area contributed by atoms with Crippen LogP contribution in [0, 0.1) is 16.6 Å². The standard InChI is InChI=1S/C16H20FN5O2S/c1-4-21(11(2)13-5-7-14(17)8-6-13)25(23,24)16-10-9-15(19)22(20-16)12(3)18/h5-11,18-19H,4H2,1-3H3/t11-/m0/s1. The van der Waals surface area contributed by atoms with Crippen molar-refractivity contribution in [3.63, 3.8) is 0 Å². The molecule has 2 rings (SSSR count). The fraction of sp³-hybridized carbons (Fsp3) is 0.312. The van der Waals surface area contributed by atoms with E-state index in [4.69, 9.17) is 10.8 Å². The van der Waals surface area contributed by atoms with Crippen LogP contribution in [0.25, 0.3) is 0 Å². The van der Waals surface area contributed by atoms with Gasteiger partial charge in [-0.15, -0.1) is 0 Å². The van der Waals surface area contributed by atoms with Crippen molar-refractivity contribution in [2.45, 2.75) is 31.8 Å². The van der Waals surface area contributed by atoms with E-state index in [0.29, 0.717) is 5.56 Å². The van der Waals surface area contributed by atoms with Gasteiger partial charge in [0.05, 0.1) is 0 Å². The van der Waals surface area contributed by atoms with Gasteiger partial charge < -0.3 is 0 Å². The van der Waals surface area contributed by atoms with E-state index < -0.39 is 21.9 Å². The first-order valence-electron chi connectivity index (χ1n) is 7.66. The van der Waals surface area contributed by atoms with Crippen LogP contribution >= 0.6 is 0 Å². The minimum atomic E-state index is -3.95. The van der Waals surface area contributed by atoms with Crippen LogP contribution in [0.3, 0.4) is 0 Å². The Morgan fingerprint density at radius 1 is 1.28 bits per heavy atom. The Labute approximate surface area is 145 Å². The second-order valence-corrected chi connectivity index (χ2v) is 7.33. The van der Waals surface area contributed by atoms with Crippen molar-refractivity contribution in [3.05, 3.63) is 53.3 Å². The highest BCUT2D eigenvalue weighted by Gasteiger charge is 2.30. The van der Waals surface area contributed by atoms with Crippen LogP contribution in [-0.4, -0.2) is 34.9 Å². The first-order valence-corrected chi connectivity index (χ1v) is 9.10. The van der Waals surface area contributed by atoms with Crippen molar-refractivity contribution in [2.75, 3.05) is 6.54 Å². The number of hydrogen-bond donors (Lipinski definition) is 2. The molecule has 1 atom stereocenters. The SMILES string of the molecule is CCN([C@@H](C)c1ccc(F)cc1)S(=O)(=O)c1ccc(=N)n(C(C)=N)n1. The molecule has 1 aromatic heterocycles. The molecule has 0 bridgehead atoms. The van der Waals surface area contributed by atoms with E-state index in [9.17, 15) is 12.8 Å². The van der Waals surface area contributed by atoms with Gasteiger partial charge in [-0.3, -0.25) is 10.8 Å². The fourth-order valence-electron chi connectivity index (χ4n) is 2.48. The summed E-state index contributed by atoms with van der Waals surface area (Å²) < 4.78 is 41.3. The van der Waals surface area contributed by atoms with Crippen molar-refractivity contribution in [3.8, 4) is 0 Å². The van der Waals surface area contributed by atoms with E-state index in [1.54, 1.807) is 26.0 Å². The number of rotatable bonds is 5. The maximum Gasteiger partial charge on any atom is 0.262 e. The maximum atomic E-state index is 13.1. The molecule has 134 valence electrons. The van der Waals surface area contributed by atoms with Crippen LogP contribution in [0.5, 0.6) is 0 Å². The zero-order valence-corrected chi connectivity index (χ0v) is 15.0. The van der Waals surface area contributed by atoms with Crippen LogP contribution in [-0.2, 0) is 10.0 Å². The van der Waals surface area contributed by atoms with E-state index in [2.05, 4.69) is 5.10 Å². The molecule has 1 heterocycles. The molecule has 2 N–H and O–H groups in total. The summed E-state index contributed by atoms with van der Waals surface area (Å²) in [5.74, 6) is -0.450. The summed E-state index contributed by atoms with van der Waals surface area (Å²) in [6.07, 6.45) is 0. The molecular weight excluding hydrogens is 345 g/mol. The van der Waals surface area contributed by atoms with Gasteiger partial charge in [0.25, 0.3) is 10.0 Å². The van der Waals surface area contributed by atoms with E-state index in [-0.39, 0.29) is 22.9 Å². The molecule has 0 amide bonds. The highest BCUT2D eigenvalue weighted by atomic mass is 32.2. The first kappa shape index (κ1) is 18.9. The molecule has 9 heteroatoms. The van der Waals surface area contributed by atoms with Crippen LogP contribution < -0.4 is 5.49 Å². The highest BCUT2D eigenvalue weighted by molar-refractivity contribution is 7.89. The molecule has 0 aliphatic rings. The largest absolute Gasteiger partial charge is 0.287 e. The van der Waals surface area contributed by atoms with Gasteiger partial charge in [0.15, 0.2) is 5.03 Å². The molecular formula is C16H20FN5O2S. The van der Waals surface area contributed by atoms with Crippen LogP contribution in [0.15, 0.2) is 41.4 Å². The number of hydrogen-bond acceptors (Lipinski definition) is 5. The topological polar surface area (TPSA) is 103 Å². The third kappa shape index (κ3) is 3.83. The van der Waals surface area contributed by atoms with Crippen molar-refractivity contribution in [1.29, 1.82) is 10.8 Å². The normalized spacial score (nSPS) is 13.0. The molecule has 0 unspecified atom stereocenters. The molecule has 25 heavy (non-hydrogen) atoms. The molecule has 0 spiro atoms. The average Bonchev–Trinajstić information content (AvgIpc) is 2.55. The predicted molar refractivity (Wildman–Crippen MR) is 91.3 cm³/mol. The zero-order chi connectivity index (χ0) is 18.8. The highest BCUT2D eigenvalue weighted by Crippen LogP contribution is 2.26. The Bertz CT molecular complexity index is 938. The molecule has 0 radical (unpaired) electrons. The average molecular weight is 365 g/mol. The quantitative estimate of drug-likeness (QED) is 0.626. The lowest BCUT2D eigenvalue weighted by atomic mass is 10.1. The summed E-state index contributed by atoms with van der Waals surface area (Å²) in [5, 5.41) is 19.0. The van der Waals surface area contributed by atoms with Gasteiger partial charge in [-0.25, -0.2) is 17.5 Å². The molecule has 0 saturated heterocycles. The number of nitrogens with one attached hydrogen (secondary N) is 2. The van der Waals surface area contributed by atoms with Crippen molar-refractivity contribution in [1.82, 2.24) is 14.1 Å². The van der Waals surface area contributed by atoms with Gasteiger partial charge in [-0.05, 0) is 43.7 Å². The van der Waals surface area contributed by atoms with E-state index in [1.807, 2.05) is 0 Å². The number of benzene rings is 1. The minimum absolute atomic E-state index is 0.0586. The summed E-state index contributed by atoms with van der Waals surface area (Å²) in [7, 11) is -3.95. The van der Waals surface area contributed by atoms with Gasteiger partial charge >= 0.3 is 0 Å². The smallest absolute Gasteiger partial charge is 0.262 e. The van der Waals surface area contributed by atoms with E-state index in [1.165, 1.54) is 35.5 Å². The molecule has 0 aliphatic heterocycles. The molecule has 0 fully saturated rings. The summed E-state index contributed by atoms with van der Waals surface area (Å²) in [4.78, 5) is 0. The summed E-state index contributed by atoms with van der Waals surface area (Å²) in [6, 6.07) is 7.66. The second kappa shape index (κ2) is 7.24. The predicted octanol–water partition coefficient (Wildman–Crippen LogP) is 2.12. The lowest BCUT2D eigenvalue weighted by Crippen LogP contribution is -2.36. The second-order valence-electron chi connectivity index (χ2n) is 5.49. The fourth-order valence-corrected chi connectivity index (χ4v) is 4.02. The lowest BCUT2D eigenvalue weighted by Gasteiger charge is -2.27. The Morgan fingerprint density at radius 2 is 1.88 bits per heavy atom. The molecule has 7 nitrogen and oxygen atoms in total. The molecule has 2 aromatic rings. The maximum absolute atomic E-state index is 13.1. The number of nitrogens with zero attached hydrogens (tertiary/aromatic N) is 3. The molecule has 0 saturated carbocycles. The Balaban J connectivity index is 2.48. The van der Waals surface area contributed by atoms with Crippen LogP contribution in [0.2, 0.25) is 0 Å². The number of halogens is 1. The van der Waals surface area contributed by atoms with Crippen molar-refractivity contribution >= 4 is 15.9 Å².